The Hall–Kier alpha value is -1.75. The molecule has 0 spiro atoms. The van der Waals surface area contributed by atoms with Crippen LogP contribution in [0.2, 0.25) is 0 Å². The number of ether oxygens (including phenoxy) is 1. The molecular formula is C13H18N4O. The summed E-state index contributed by atoms with van der Waals surface area (Å²) in [6.45, 7) is 8.13. The highest BCUT2D eigenvalue weighted by atomic mass is 16.5. The summed E-state index contributed by atoms with van der Waals surface area (Å²) in [4.78, 5) is 12.9. The van der Waals surface area contributed by atoms with E-state index in [1.807, 2.05) is 26.8 Å². The minimum atomic E-state index is 0.667. The van der Waals surface area contributed by atoms with Gasteiger partial charge in [-0.15, -0.1) is 0 Å². The minimum absolute atomic E-state index is 0.667. The Morgan fingerprint density at radius 3 is 2.89 bits per heavy atom. The Balaban J connectivity index is 2.27. The van der Waals surface area contributed by atoms with Gasteiger partial charge in [0.25, 0.3) is 0 Å². The molecule has 0 unspecified atom stereocenters. The molecule has 2 aromatic rings. The number of nitrogens with zero attached hydrogens (tertiary/aromatic N) is 3. The molecule has 5 nitrogen and oxygen atoms in total. The third-order valence-electron chi connectivity index (χ3n) is 2.67. The van der Waals surface area contributed by atoms with Crippen molar-refractivity contribution >= 4 is 16.9 Å². The Kier molecular flexibility index (Phi) is 4.04. The lowest BCUT2D eigenvalue weighted by Crippen LogP contribution is -2.11. The average Bonchev–Trinajstić information content (AvgIpc) is 2.34. The molecule has 0 aliphatic heterocycles. The minimum Gasteiger partial charge on any atom is -0.380 e. The second-order valence-electron chi connectivity index (χ2n) is 4.13. The fraction of sp³-hybridized carbons (Fsp3) is 0.462. The molecule has 0 saturated heterocycles. The number of nitrogens with one attached hydrogen (secondary N) is 1. The predicted molar refractivity (Wildman–Crippen MR) is 71.8 cm³/mol. The highest BCUT2D eigenvalue weighted by molar-refractivity contribution is 5.89. The van der Waals surface area contributed by atoms with Crippen LogP contribution in [0.1, 0.15) is 18.2 Å². The topological polar surface area (TPSA) is 59.9 Å². The fourth-order valence-corrected chi connectivity index (χ4v) is 1.93. The quantitative estimate of drug-likeness (QED) is 0.818. The van der Waals surface area contributed by atoms with E-state index < -0.39 is 0 Å². The van der Waals surface area contributed by atoms with Crippen molar-refractivity contribution in [3.8, 4) is 0 Å². The second kappa shape index (κ2) is 5.73. The summed E-state index contributed by atoms with van der Waals surface area (Å²) in [7, 11) is 0. The largest absolute Gasteiger partial charge is 0.380 e. The third kappa shape index (κ3) is 2.73. The Morgan fingerprint density at radius 2 is 2.11 bits per heavy atom. The summed E-state index contributed by atoms with van der Waals surface area (Å²) in [5.41, 5.74) is 2.84. The molecule has 1 N–H and O–H groups in total. The van der Waals surface area contributed by atoms with Crippen LogP contribution in [0.15, 0.2) is 12.4 Å². The van der Waals surface area contributed by atoms with Crippen molar-refractivity contribution in [3.05, 3.63) is 23.7 Å². The highest BCUT2D eigenvalue weighted by Gasteiger charge is 2.07. The second-order valence-corrected chi connectivity index (χ2v) is 4.13. The third-order valence-corrected chi connectivity index (χ3v) is 2.67. The van der Waals surface area contributed by atoms with E-state index in [1.54, 1.807) is 0 Å². The SMILES string of the molecule is CCOCCNc1ncnc2nc(C)cc(C)c12. The van der Waals surface area contributed by atoms with Crippen LogP contribution in [-0.4, -0.2) is 34.7 Å². The van der Waals surface area contributed by atoms with E-state index in [4.69, 9.17) is 4.74 Å². The summed E-state index contributed by atoms with van der Waals surface area (Å²) < 4.78 is 5.30. The average molecular weight is 246 g/mol. The van der Waals surface area contributed by atoms with Gasteiger partial charge in [-0.3, -0.25) is 0 Å². The Labute approximate surface area is 107 Å². The molecule has 2 rings (SSSR count). The van der Waals surface area contributed by atoms with Crippen molar-refractivity contribution in [3.63, 3.8) is 0 Å². The van der Waals surface area contributed by atoms with E-state index in [-0.39, 0.29) is 0 Å². The maximum absolute atomic E-state index is 5.30. The van der Waals surface area contributed by atoms with Gasteiger partial charge in [-0.1, -0.05) is 0 Å². The van der Waals surface area contributed by atoms with Gasteiger partial charge in [0, 0.05) is 18.8 Å². The van der Waals surface area contributed by atoms with Crippen molar-refractivity contribution in [2.75, 3.05) is 25.1 Å². The Morgan fingerprint density at radius 1 is 1.28 bits per heavy atom. The van der Waals surface area contributed by atoms with E-state index >= 15 is 0 Å². The molecule has 0 aliphatic rings. The number of rotatable bonds is 5. The van der Waals surface area contributed by atoms with Crippen molar-refractivity contribution in [2.45, 2.75) is 20.8 Å². The van der Waals surface area contributed by atoms with Crippen molar-refractivity contribution < 1.29 is 4.74 Å². The van der Waals surface area contributed by atoms with Gasteiger partial charge >= 0.3 is 0 Å². The van der Waals surface area contributed by atoms with Crippen LogP contribution < -0.4 is 5.32 Å². The summed E-state index contributed by atoms with van der Waals surface area (Å²) in [5.74, 6) is 0.824. The van der Waals surface area contributed by atoms with Crippen molar-refractivity contribution in [1.82, 2.24) is 15.0 Å². The van der Waals surface area contributed by atoms with Gasteiger partial charge in [0.05, 0.1) is 12.0 Å². The van der Waals surface area contributed by atoms with E-state index in [2.05, 4.69) is 20.3 Å². The number of aromatic nitrogens is 3. The first kappa shape index (κ1) is 12.7. The molecule has 18 heavy (non-hydrogen) atoms. The van der Waals surface area contributed by atoms with E-state index in [0.717, 1.165) is 41.3 Å². The van der Waals surface area contributed by atoms with Gasteiger partial charge in [-0.05, 0) is 32.4 Å². The van der Waals surface area contributed by atoms with Crippen LogP contribution in [-0.2, 0) is 4.74 Å². The van der Waals surface area contributed by atoms with Gasteiger partial charge in [0.15, 0.2) is 5.65 Å². The van der Waals surface area contributed by atoms with Crippen LogP contribution in [0.25, 0.3) is 11.0 Å². The number of aryl methyl sites for hydroxylation is 2. The zero-order valence-electron chi connectivity index (χ0n) is 11.0. The van der Waals surface area contributed by atoms with Gasteiger partial charge in [-0.25, -0.2) is 15.0 Å². The normalized spacial score (nSPS) is 10.8. The van der Waals surface area contributed by atoms with Gasteiger partial charge in [0.1, 0.15) is 12.1 Å². The smallest absolute Gasteiger partial charge is 0.165 e. The zero-order chi connectivity index (χ0) is 13.0. The maximum Gasteiger partial charge on any atom is 0.165 e. The summed E-state index contributed by atoms with van der Waals surface area (Å²) in [6.07, 6.45) is 1.54. The first-order valence-corrected chi connectivity index (χ1v) is 6.13. The molecule has 2 aromatic heterocycles. The molecular weight excluding hydrogens is 228 g/mol. The lowest BCUT2D eigenvalue weighted by Gasteiger charge is -2.10. The van der Waals surface area contributed by atoms with Crippen LogP contribution >= 0.6 is 0 Å². The molecule has 0 amide bonds. The molecule has 0 radical (unpaired) electrons. The number of fused-ring (bicyclic) bond motifs is 1. The van der Waals surface area contributed by atoms with E-state index in [0.29, 0.717) is 6.61 Å². The van der Waals surface area contributed by atoms with Crippen LogP contribution in [0, 0.1) is 13.8 Å². The Bertz CT molecular complexity index is 542. The summed E-state index contributed by atoms with van der Waals surface area (Å²) in [5, 5.41) is 4.25. The predicted octanol–water partition coefficient (Wildman–Crippen LogP) is 2.09. The summed E-state index contributed by atoms with van der Waals surface area (Å²) >= 11 is 0. The molecule has 0 atom stereocenters. The molecule has 0 fully saturated rings. The molecule has 0 saturated carbocycles. The first-order valence-electron chi connectivity index (χ1n) is 6.13. The number of pyridine rings is 1. The number of hydrogen-bond donors (Lipinski definition) is 1. The standard InChI is InChI=1S/C13H18N4O/c1-4-18-6-5-14-12-11-9(2)7-10(3)17-13(11)16-8-15-12/h7-8H,4-6H2,1-3H3,(H,14,15,16,17). The monoisotopic (exact) mass is 246 g/mol. The maximum atomic E-state index is 5.30. The van der Waals surface area contributed by atoms with Crippen molar-refractivity contribution in [2.24, 2.45) is 0 Å². The lowest BCUT2D eigenvalue weighted by molar-refractivity contribution is 0.158. The van der Waals surface area contributed by atoms with Crippen molar-refractivity contribution in [1.29, 1.82) is 0 Å². The van der Waals surface area contributed by atoms with Gasteiger partial charge in [0.2, 0.25) is 0 Å². The fourth-order valence-electron chi connectivity index (χ4n) is 1.93. The molecule has 96 valence electrons. The number of anilines is 1. The first-order chi connectivity index (χ1) is 8.72. The van der Waals surface area contributed by atoms with Gasteiger partial charge in [-0.2, -0.15) is 0 Å². The van der Waals surface area contributed by atoms with E-state index in [9.17, 15) is 0 Å². The van der Waals surface area contributed by atoms with E-state index in [1.165, 1.54) is 6.33 Å². The van der Waals surface area contributed by atoms with Crippen LogP contribution in [0.5, 0.6) is 0 Å². The molecule has 5 heteroatoms. The molecule has 0 aliphatic carbocycles. The van der Waals surface area contributed by atoms with Gasteiger partial charge < -0.3 is 10.1 Å². The zero-order valence-corrected chi connectivity index (χ0v) is 11.0. The lowest BCUT2D eigenvalue weighted by atomic mass is 10.1. The van der Waals surface area contributed by atoms with Crippen LogP contribution in [0.3, 0.4) is 0 Å². The number of hydrogen-bond acceptors (Lipinski definition) is 5. The summed E-state index contributed by atoms with van der Waals surface area (Å²) in [6, 6.07) is 2.04. The molecule has 0 aromatic carbocycles. The van der Waals surface area contributed by atoms with Crippen LogP contribution in [0.4, 0.5) is 5.82 Å². The molecule has 2 heterocycles. The highest BCUT2D eigenvalue weighted by Crippen LogP contribution is 2.22. The molecule has 0 bridgehead atoms.